The average molecular weight is 363 g/mol. The summed E-state index contributed by atoms with van der Waals surface area (Å²) in [7, 11) is 2.89. The topological polar surface area (TPSA) is 64.6 Å². The third kappa shape index (κ3) is 4.44. The van der Waals surface area contributed by atoms with Crippen molar-refractivity contribution in [1.82, 2.24) is 5.32 Å². The standard InChI is InChI=1S/C22H21NO4/c1-26-19-9-5-6-15(12-19)13-20(22(25)27-2)23-21(24)18-11-10-16-7-3-4-8-17(16)14-18/h3-12,14,20H,13H2,1-2H3,(H,23,24)/t20-/m1/s1. The summed E-state index contributed by atoms with van der Waals surface area (Å²) < 4.78 is 10.1. The van der Waals surface area contributed by atoms with Gasteiger partial charge < -0.3 is 14.8 Å². The van der Waals surface area contributed by atoms with E-state index in [4.69, 9.17) is 9.47 Å². The van der Waals surface area contributed by atoms with E-state index in [9.17, 15) is 9.59 Å². The molecular formula is C22H21NO4. The number of hydrogen-bond donors (Lipinski definition) is 1. The first-order valence-corrected chi connectivity index (χ1v) is 8.61. The van der Waals surface area contributed by atoms with Gasteiger partial charge in [0.25, 0.3) is 5.91 Å². The van der Waals surface area contributed by atoms with E-state index in [0.29, 0.717) is 17.7 Å². The van der Waals surface area contributed by atoms with Gasteiger partial charge >= 0.3 is 5.97 Å². The summed E-state index contributed by atoms with van der Waals surface area (Å²) in [6.45, 7) is 0. The maximum Gasteiger partial charge on any atom is 0.328 e. The van der Waals surface area contributed by atoms with Crippen LogP contribution in [0.3, 0.4) is 0 Å². The fourth-order valence-electron chi connectivity index (χ4n) is 2.94. The summed E-state index contributed by atoms with van der Waals surface area (Å²) in [5.74, 6) is -0.122. The number of carbonyl (C=O) groups is 2. The summed E-state index contributed by atoms with van der Waals surface area (Å²) in [5.41, 5.74) is 1.36. The second-order valence-electron chi connectivity index (χ2n) is 6.17. The molecule has 27 heavy (non-hydrogen) atoms. The van der Waals surface area contributed by atoms with Gasteiger partial charge in [0.2, 0.25) is 0 Å². The van der Waals surface area contributed by atoms with Crippen LogP contribution in [0.15, 0.2) is 66.7 Å². The highest BCUT2D eigenvalue weighted by Gasteiger charge is 2.23. The van der Waals surface area contributed by atoms with Crippen LogP contribution in [0.1, 0.15) is 15.9 Å². The fourth-order valence-corrected chi connectivity index (χ4v) is 2.94. The van der Waals surface area contributed by atoms with Crippen molar-refractivity contribution in [2.75, 3.05) is 14.2 Å². The molecule has 3 aromatic carbocycles. The normalized spacial score (nSPS) is 11.6. The number of rotatable bonds is 6. The van der Waals surface area contributed by atoms with Gasteiger partial charge in [0.15, 0.2) is 0 Å². The molecule has 0 bridgehead atoms. The lowest BCUT2D eigenvalue weighted by atomic mass is 10.0. The van der Waals surface area contributed by atoms with Crippen LogP contribution in [0.5, 0.6) is 5.75 Å². The lowest BCUT2D eigenvalue weighted by Crippen LogP contribution is -2.43. The number of esters is 1. The van der Waals surface area contributed by atoms with Crippen LogP contribution in [-0.4, -0.2) is 32.1 Å². The molecular weight excluding hydrogens is 342 g/mol. The maximum atomic E-state index is 12.7. The summed E-state index contributed by atoms with van der Waals surface area (Å²) >= 11 is 0. The molecule has 0 radical (unpaired) electrons. The molecule has 0 aliphatic carbocycles. The first-order valence-electron chi connectivity index (χ1n) is 8.61. The molecule has 0 fully saturated rings. The Morgan fingerprint density at radius 3 is 2.44 bits per heavy atom. The predicted molar refractivity (Wildman–Crippen MR) is 104 cm³/mol. The Kier molecular flexibility index (Phi) is 5.71. The minimum Gasteiger partial charge on any atom is -0.497 e. The third-order valence-electron chi connectivity index (χ3n) is 4.38. The molecule has 0 aliphatic rings. The highest BCUT2D eigenvalue weighted by molar-refractivity contribution is 6.00. The van der Waals surface area contributed by atoms with Crippen molar-refractivity contribution in [3.8, 4) is 5.75 Å². The van der Waals surface area contributed by atoms with Crippen LogP contribution >= 0.6 is 0 Å². The predicted octanol–water partition coefficient (Wildman–Crippen LogP) is 3.36. The van der Waals surface area contributed by atoms with Gasteiger partial charge in [-0.1, -0.05) is 42.5 Å². The molecule has 0 spiro atoms. The fraction of sp³-hybridized carbons (Fsp3) is 0.182. The zero-order valence-corrected chi connectivity index (χ0v) is 15.3. The van der Waals surface area contributed by atoms with Gasteiger partial charge in [0.05, 0.1) is 14.2 Å². The Hall–Kier alpha value is -3.34. The molecule has 0 heterocycles. The third-order valence-corrected chi connectivity index (χ3v) is 4.38. The van der Waals surface area contributed by atoms with E-state index in [-0.39, 0.29) is 5.91 Å². The van der Waals surface area contributed by atoms with Gasteiger partial charge in [-0.3, -0.25) is 4.79 Å². The lowest BCUT2D eigenvalue weighted by Gasteiger charge is -2.17. The summed E-state index contributed by atoms with van der Waals surface area (Å²) in [6, 6.07) is 19.8. The van der Waals surface area contributed by atoms with Gasteiger partial charge in [0, 0.05) is 12.0 Å². The molecule has 1 atom stereocenters. The van der Waals surface area contributed by atoms with Crippen LogP contribution in [0.4, 0.5) is 0 Å². The molecule has 0 saturated carbocycles. The first kappa shape index (κ1) is 18.5. The Bertz CT molecular complexity index is 967. The number of fused-ring (bicyclic) bond motifs is 1. The lowest BCUT2D eigenvalue weighted by molar-refractivity contribution is -0.142. The molecule has 5 heteroatoms. The summed E-state index contributed by atoms with van der Waals surface area (Å²) in [4.78, 5) is 24.9. The van der Waals surface area contributed by atoms with Crippen molar-refractivity contribution in [2.45, 2.75) is 12.5 Å². The second kappa shape index (κ2) is 8.36. The number of carbonyl (C=O) groups excluding carboxylic acids is 2. The Balaban J connectivity index is 1.80. The van der Waals surface area contributed by atoms with Crippen LogP contribution in [0, 0.1) is 0 Å². The molecule has 1 N–H and O–H groups in total. The second-order valence-corrected chi connectivity index (χ2v) is 6.17. The van der Waals surface area contributed by atoms with Crippen molar-refractivity contribution in [3.63, 3.8) is 0 Å². The zero-order chi connectivity index (χ0) is 19.2. The first-order chi connectivity index (χ1) is 13.1. The van der Waals surface area contributed by atoms with Gasteiger partial charge in [-0.25, -0.2) is 4.79 Å². The quantitative estimate of drug-likeness (QED) is 0.682. The molecule has 138 valence electrons. The van der Waals surface area contributed by atoms with Gasteiger partial charge in [-0.15, -0.1) is 0 Å². The highest BCUT2D eigenvalue weighted by atomic mass is 16.5. The van der Waals surface area contributed by atoms with Crippen LogP contribution in [-0.2, 0) is 16.0 Å². The van der Waals surface area contributed by atoms with Crippen molar-refractivity contribution in [2.24, 2.45) is 0 Å². The van der Waals surface area contributed by atoms with E-state index in [1.165, 1.54) is 7.11 Å². The van der Waals surface area contributed by atoms with Gasteiger partial charge in [0.1, 0.15) is 11.8 Å². The van der Waals surface area contributed by atoms with Crippen molar-refractivity contribution in [1.29, 1.82) is 0 Å². The van der Waals surface area contributed by atoms with Crippen molar-refractivity contribution in [3.05, 3.63) is 77.9 Å². The molecule has 3 aromatic rings. The molecule has 1 amide bonds. The average Bonchev–Trinajstić information content (AvgIpc) is 2.72. The summed E-state index contributed by atoms with van der Waals surface area (Å²) in [5, 5.41) is 4.80. The summed E-state index contributed by atoms with van der Waals surface area (Å²) in [6.07, 6.45) is 0.309. The number of hydrogen-bond acceptors (Lipinski definition) is 4. The smallest absolute Gasteiger partial charge is 0.328 e. The van der Waals surface area contributed by atoms with E-state index >= 15 is 0 Å². The largest absolute Gasteiger partial charge is 0.497 e. The molecule has 0 saturated heterocycles. The van der Waals surface area contributed by atoms with E-state index < -0.39 is 12.0 Å². The molecule has 3 rings (SSSR count). The van der Waals surface area contributed by atoms with E-state index in [1.807, 2.05) is 60.7 Å². The number of methoxy groups -OCH3 is 2. The number of benzene rings is 3. The monoisotopic (exact) mass is 363 g/mol. The minimum absolute atomic E-state index is 0.309. The van der Waals surface area contributed by atoms with E-state index in [0.717, 1.165) is 16.3 Å². The Morgan fingerprint density at radius 2 is 1.70 bits per heavy atom. The Labute approximate surface area is 157 Å². The molecule has 0 aliphatic heterocycles. The molecule has 5 nitrogen and oxygen atoms in total. The van der Waals surface area contributed by atoms with Crippen molar-refractivity contribution >= 4 is 22.6 Å². The zero-order valence-electron chi connectivity index (χ0n) is 15.3. The van der Waals surface area contributed by atoms with Gasteiger partial charge in [-0.05, 0) is 40.6 Å². The van der Waals surface area contributed by atoms with E-state index in [2.05, 4.69) is 5.32 Å². The SMILES string of the molecule is COC(=O)[C@@H](Cc1cccc(OC)c1)NC(=O)c1ccc2ccccc2c1. The van der Waals surface area contributed by atoms with E-state index in [1.54, 1.807) is 13.2 Å². The van der Waals surface area contributed by atoms with Crippen LogP contribution in [0.25, 0.3) is 10.8 Å². The van der Waals surface area contributed by atoms with Crippen LogP contribution in [0.2, 0.25) is 0 Å². The molecule has 0 aromatic heterocycles. The Morgan fingerprint density at radius 1 is 0.926 bits per heavy atom. The maximum absolute atomic E-state index is 12.7. The molecule has 0 unspecified atom stereocenters. The van der Waals surface area contributed by atoms with Gasteiger partial charge in [-0.2, -0.15) is 0 Å². The number of amides is 1. The van der Waals surface area contributed by atoms with Crippen molar-refractivity contribution < 1.29 is 19.1 Å². The number of ether oxygens (including phenoxy) is 2. The van der Waals surface area contributed by atoms with Crippen LogP contribution < -0.4 is 10.1 Å². The number of nitrogens with one attached hydrogen (secondary N) is 1. The highest BCUT2D eigenvalue weighted by Crippen LogP contribution is 2.17. The minimum atomic E-state index is -0.791.